The molecule has 0 bridgehead atoms. The van der Waals surface area contributed by atoms with Gasteiger partial charge in [0.1, 0.15) is 5.75 Å². The van der Waals surface area contributed by atoms with Gasteiger partial charge in [0.25, 0.3) is 5.91 Å². The number of nitrogens with one attached hydrogen (secondary N) is 2. The number of H-pyrrole nitrogens is 1. The fourth-order valence-electron chi connectivity index (χ4n) is 3.73. The van der Waals surface area contributed by atoms with Crippen LogP contribution in [-0.2, 0) is 6.42 Å². The van der Waals surface area contributed by atoms with Crippen molar-refractivity contribution in [1.29, 1.82) is 0 Å². The van der Waals surface area contributed by atoms with Crippen molar-refractivity contribution in [3.05, 3.63) is 72.2 Å². The molecule has 0 radical (unpaired) electrons. The smallest absolute Gasteiger partial charge is 0.316 e. The number of nitrogens with zero attached hydrogens (tertiary/aromatic N) is 2. The van der Waals surface area contributed by atoms with Crippen molar-refractivity contribution in [2.75, 3.05) is 20.3 Å². The van der Waals surface area contributed by atoms with Crippen molar-refractivity contribution in [3.63, 3.8) is 0 Å². The third kappa shape index (κ3) is 4.96. The molecular weight excluding hydrogens is 420 g/mol. The molecule has 2 heterocycles. The number of aliphatic hydroxyl groups excluding tert-OH is 1. The molecule has 0 saturated heterocycles. The number of benzene rings is 2. The predicted molar refractivity (Wildman–Crippen MR) is 126 cm³/mol. The van der Waals surface area contributed by atoms with E-state index in [4.69, 9.17) is 9.47 Å². The number of aromatic nitrogens is 3. The number of hydrogen-bond donors (Lipinski definition) is 3. The molecule has 1 amide bonds. The molecule has 0 aliphatic rings. The predicted octanol–water partition coefficient (Wildman–Crippen LogP) is 3.37. The van der Waals surface area contributed by atoms with Crippen LogP contribution in [0.5, 0.6) is 11.8 Å². The number of fused-ring (bicyclic) bond motifs is 1. The van der Waals surface area contributed by atoms with Crippen molar-refractivity contribution in [2.24, 2.45) is 0 Å². The third-order valence-electron chi connectivity index (χ3n) is 5.36. The van der Waals surface area contributed by atoms with Crippen LogP contribution >= 0.6 is 0 Å². The topological polar surface area (TPSA) is 109 Å². The molecule has 0 unspecified atom stereocenters. The maximum absolute atomic E-state index is 13.2. The highest BCUT2D eigenvalue weighted by Crippen LogP contribution is 2.27. The lowest BCUT2D eigenvalue weighted by Gasteiger charge is -2.18. The molecule has 8 heteroatoms. The molecule has 1 atom stereocenters. The quantitative estimate of drug-likeness (QED) is 0.364. The maximum Gasteiger partial charge on any atom is 0.316 e. The summed E-state index contributed by atoms with van der Waals surface area (Å²) in [5.74, 6) is 0.144. The zero-order valence-corrected chi connectivity index (χ0v) is 18.5. The van der Waals surface area contributed by atoms with Crippen LogP contribution in [0.25, 0.3) is 22.0 Å². The van der Waals surface area contributed by atoms with E-state index in [2.05, 4.69) is 20.3 Å². The monoisotopic (exact) mass is 446 g/mol. The number of aliphatic hydroxyl groups is 1. The highest BCUT2D eigenvalue weighted by atomic mass is 16.5. The van der Waals surface area contributed by atoms with E-state index in [-0.39, 0.29) is 18.5 Å². The average Bonchev–Trinajstić information content (AvgIpc) is 3.26. The van der Waals surface area contributed by atoms with E-state index in [0.29, 0.717) is 24.3 Å². The number of amides is 1. The Morgan fingerprint density at radius 2 is 1.94 bits per heavy atom. The summed E-state index contributed by atoms with van der Waals surface area (Å²) in [7, 11) is 1.50. The first-order valence-electron chi connectivity index (χ1n) is 10.7. The molecule has 8 nitrogen and oxygen atoms in total. The summed E-state index contributed by atoms with van der Waals surface area (Å²) in [5, 5.41) is 14.0. The van der Waals surface area contributed by atoms with E-state index in [0.717, 1.165) is 27.6 Å². The molecule has 33 heavy (non-hydrogen) atoms. The van der Waals surface area contributed by atoms with Gasteiger partial charge < -0.3 is 24.9 Å². The normalized spacial score (nSPS) is 11.8. The number of rotatable bonds is 9. The second-order valence-electron chi connectivity index (χ2n) is 7.52. The average molecular weight is 447 g/mol. The van der Waals surface area contributed by atoms with E-state index in [1.165, 1.54) is 7.11 Å². The van der Waals surface area contributed by atoms with Crippen LogP contribution in [0.2, 0.25) is 0 Å². The van der Waals surface area contributed by atoms with Gasteiger partial charge in [-0.1, -0.05) is 24.3 Å². The highest BCUT2D eigenvalue weighted by Gasteiger charge is 2.19. The summed E-state index contributed by atoms with van der Waals surface area (Å²) >= 11 is 0. The Balaban J connectivity index is 1.58. The zero-order chi connectivity index (χ0) is 23.2. The van der Waals surface area contributed by atoms with Gasteiger partial charge in [-0.2, -0.15) is 0 Å². The second-order valence-corrected chi connectivity index (χ2v) is 7.52. The first-order chi connectivity index (χ1) is 16.1. The molecule has 0 aliphatic carbocycles. The van der Waals surface area contributed by atoms with Crippen molar-refractivity contribution >= 4 is 16.8 Å². The molecule has 3 N–H and O–H groups in total. The molecule has 4 rings (SSSR count). The largest absolute Gasteiger partial charge is 0.493 e. The fourth-order valence-corrected chi connectivity index (χ4v) is 3.73. The number of carbonyl (C=O) groups is 1. The Hall–Kier alpha value is -3.91. The lowest BCUT2D eigenvalue weighted by atomic mass is 10.0. The van der Waals surface area contributed by atoms with Crippen LogP contribution in [0.4, 0.5) is 0 Å². The van der Waals surface area contributed by atoms with Gasteiger partial charge in [0.15, 0.2) is 0 Å². The SMILES string of the molecule is CCOc1ccc(-c2cnc(OC)nc2)cc1C(=O)N[C@@H](CO)Cc1c[nH]c2ccccc12. The van der Waals surface area contributed by atoms with Gasteiger partial charge in [0.05, 0.1) is 31.9 Å². The number of aromatic amines is 1. The molecule has 0 fully saturated rings. The molecule has 2 aromatic heterocycles. The number of hydrogen-bond acceptors (Lipinski definition) is 6. The van der Waals surface area contributed by atoms with Gasteiger partial charge in [0, 0.05) is 35.1 Å². The van der Waals surface area contributed by atoms with Gasteiger partial charge in [0.2, 0.25) is 0 Å². The number of ether oxygens (including phenoxy) is 2. The van der Waals surface area contributed by atoms with Crippen LogP contribution in [-0.4, -0.2) is 52.3 Å². The van der Waals surface area contributed by atoms with Crippen molar-refractivity contribution in [3.8, 4) is 22.9 Å². The lowest BCUT2D eigenvalue weighted by Crippen LogP contribution is -2.39. The van der Waals surface area contributed by atoms with Gasteiger partial charge in [-0.25, -0.2) is 9.97 Å². The minimum atomic E-state index is -0.459. The van der Waals surface area contributed by atoms with E-state index >= 15 is 0 Å². The summed E-state index contributed by atoms with van der Waals surface area (Å²) in [5.41, 5.74) is 3.93. The van der Waals surface area contributed by atoms with Crippen LogP contribution in [0.1, 0.15) is 22.8 Å². The van der Waals surface area contributed by atoms with Gasteiger partial charge in [-0.3, -0.25) is 4.79 Å². The van der Waals surface area contributed by atoms with Gasteiger partial charge >= 0.3 is 6.01 Å². The van der Waals surface area contributed by atoms with Crippen LogP contribution < -0.4 is 14.8 Å². The lowest BCUT2D eigenvalue weighted by molar-refractivity contribution is 0.0913. The Labute approximate surface area is 191 Å². The number of carbonyl (C=O) groups excluding carboxylic acids is 1. The Bertz CT molecular complexity index is 1240. The Kier molecular flexibility index (Phi) is 6.85. The summed E-state index contributed by atoms with van der Waals surface area (Å²) in [6.45, 7) is 2.09. The zero-order valence-electron chi connectivity index (χ0n) is 18.5. The van der Waals surface area contributed by atoms with Gasteiger partial charge in [-0.15, -0.1) is 0 Å². The molecular formula is C25H26N4O4. The van der Waals surface area contributed by atoms with Crippen LogP contribution in [0.15, 0.2) is 61.1 Å². The summed E-state index contributed by atoms with van der Waals surface area (Å²) in [4.78, 5) is 24.7. The Morgan fingerprint density at radius 1 is 1.15 bits per heavy atom. The Morgan fingerprint density at radius 3 is 2.67 bits per heavy atom. The van der Waals surface area contributed by atoms with E-state index < -0.39 is 6.04 Å². The van der Waals surface area contributed by atoms with E-state index in [1.54, 1.807) is 24.5 Å². The van der Waals surface area contributed by atoms with Crippen molar-refractivity contribution in [2.45, 2.75) is 19.4 Å². The van der Waals surface area contributed by atoms with Gasteiger partial charge in [-0.05, 0) is 42.7 Å². The van der Waals surface area contributed by atoms with Crippen LogP contribution in [0.3, 0.4) is 0 Å². The molecule has 0 saturated carbocycles. The maximum atomic E-state index is 13.2. The summed E-state index contributed by atoms with van der Waals surface area (Å²) < 4.78 is 10.7. The van der Waals surface area contributed by atoms with Crippen molar-refractivity contribution < 1.29 is 19.4 Å². The van der Waals surface area contributed by atoms with Crippen LogP contribution in [0, 0.1) is 0 Å². The summed E-state index contributed by atoms with van der Waals surface area (Å²) in [6.07, 6.45) is 5.67. The summed E-state index contributed by atoms with van der Waals surface area (Å²) in [6, 6.07) is 13.1. The number of methoxy groups -OCH3 is 1. The standard InChI is InChI=1S/C25H26N4O4/c1-3-33-23-9-8-16(18-13-27-25(32-2)28-14-18)11-21(23)24(31)29-19(15-30)10-17-12-26-22-7-5-4-6-20(17)22/h4-9,11-14,19,26,30H,3,10,15H2,1-2H3,(H,29,31)/t19-/m1/s1. The minimum absolute atomic E-state index is 0.193. The third-order valence-corrected chi connectivity index (χ3v) is 5.36. The van der Waals surface area contributed by atoms with Crippen molar-refractivity contribution in [1.82, 2.24) is 20.3 Å². The molecule has 170 valence electrons. The number of para-hydroxylation sites is 1. The molecule has 2 aromatic carbocycles. The molecule has 0 spiro atoms. The highest BCUT2D eigenvalue weighted by molar-refractivity contribution is 5.98. The molecule has 0 aliphatic heterocycles. The first kappa shape index (κ1) is 22.3. The second kappa shape index (κ2) is 10.1. The molecule has 4 aromatic rings. The first-order valence-corrected chi connectivity index (χ1v) is 10.7. The fraction of sp³-hybridized carbons (Fsp3) is 0.240. The van der Waals surface area contributed by atoms with E-state index in [1.807, 2.05) is 43.5 Å². The minimum Gasteiger partial charge on any atom is -0.493 e. The van der Waals surface area contributed by atoms with E-state index in [9.17, 15) is 9.90 Å².